The van der Waals surface area contributed by atoms with Gasteiger partial charge in [0, 0.05) is 37.3 Å². The number of nitrogens with zero attached hydrogens (tertiary/aromatic N) is 4. The van der Waals surface area contributed by atoms with Crippen molar-refractivity contribution in [2.75, 3.05) is 18.4 Å². The molecule has 32 heavy (non-hydrogen) atoms. The van der Waals surface area contributed by atoms with E-state index in [4.69, 9.17) is 0 Å². The molecule has 1 fully saturated rings. The molecule has 5 rings (SSSR count). The summed E-state index contributed by atoms with van der Waals surface area (Å²) in [7, 11) is 0. The Balaban J connectivity index is 1.23. The van der Waals surface area contributed by atoms with E-state index in [2.05, 4.69) is 20.1 Å². The van der Waals surface area contributed by atoms with Crippen molar-refractivity contribution in [2.45, 2.75) is 45.1 Å². The fourth-order valence-electron chi connectivity index (χ4n) is 4.58. The number of benzene rings is 1. The van der Waals surface area contributed by atoms with Crippen LogP contribution in [0.25, 0.3) is 11.4 Å². The predicted molar refractivity (Wildman–Crippen MR) is 125 cm³/mol. The first-order valence-corrected chi connectivity index (χ1v) is 12.2. The number of hydrogen-bond acceptors (Lipinski definition) is 5. The van der Waals surface area contributed by atoms with Crippen molar-refractivity contribution >= 4 is 28.8 Å². The Hall–Kier alpha value is -3.00. The fourth-order valence-corrected chi connectivity index (χ4v) is 5.27. The lowest BCUT2D eigenvalue weighted by Crippen LogP contribution is -2.43. The number of carbonyl (C=O) groups is 2. The average molecular weight is 450 g/mol. The van der Waals surface area contributed by atoms with Gasteiger partial charge in [0.25, 0.3) is 5.91 Å². The van der Waals surface area contributed by atoms with Gasteiger partial charge in [-0.3, -0.25) is 9.59 Å². The van der Waals surface area contributed by atoms with Gasteiger partial charge in [-0.2, -0.15) is 0 Å². The molecular formula is C24H27N5O2S. The molecule has 2 aromatic heterocycles. The number of hydrogen-bond donors (Lipinski definition) is 1. The number of likely N-dealkylation sites (tertiary alicyclic amines) is 1. The molecule has 0 bridgehead atoms. The van der Waals surface area contributed by atoms with E-state index in [-0.39, 0.29) is 17.7 Å². The van der Waals surface area contributed by atoms with Crippen LogP contribution in [0.2, 0.25) is 0 Å². The molecule has 0 radical (unpaired) electrons. The molecule has 2 amide bonds. The highest BCUT2D eigenvalue weighted by Gasteiger charge is 2.29. The maximum absolute atomic E-state index is 12.9. The van der Waals surface area contributed by atoms with Crippen molar-refractivity contribution in [3.05, 3.63) is 52.5 Å². The molecule has 166 valence electrons. The molecule has 4 heterocycles. The normalized spacial score (nSPS) is 18.6. The zero-order valence-electron chi connectivity index (χ0n) is 18.0. The Labute approximate surface area is 191 Å². The molecule has 2 aliphatic heterocycles. The Morgan fingerprint density at radius 2 is 1.88 bits per heavy atom. The minimum atomic E-state index is -0.195. The summed E-state index contributed by atoms with van der Waals surface area (Å²) in [5, 5.41) is 13.7. The molecule has 0 aliphatic carbocycles. The predicted octanol–water partition coefficient (Wildman–Crippen LogP) is 4.22. The summed E-state index contributed by atoms with van der Waals surface area (Å²) in [5.41, 5.74) is 1.77. The molecule has 7 nitrogen and oxygen atoms in total. The van der Waals surface area contributed by atoms with E-state index >= 15 is 0 Å². The zero-order valence-corrected chi connectivity index (χ0v) is 18.8. The molecule has 8 heteroatoms. The Kier molecular flexibility index (Phi) is 6.03. The van der Waals surface area contributed by atoms with Crippen molar-refractivity contribution in [3.8, 4) is 11.4 Å². The number of anilines is 1. The minimum Gasteiger partial charge on any atom is -0.337 e. The monoisotopic (exact) mass is 449 g/mol. The summed E-state index contributed by atoms with van der Waals surface area (Å²) in [6, 6.07) is 11.5. The van der Waals surface area contributed by atoms with Crippen LogP contribution >= 0.6 is 11.3 Å². The van der Waals surface area contributed by atoms with Crippen LogP contribution in [0.4, 0.5) is 5.69 Å². The lowest BCUT2D eigenvalue weighted by Gasteiger charge is -2.31. The van der Waals surface area contributed by atoms with Gasteiger partial charge in [0.2, 0.25) is 5.91 Å². The number of aryl methyl sites for hydroxylation is 1. The van der Waals surface area contributed by atoms with Gasteiger partial charge in [0.1, 0.15) is 5.82 Å². The van der Waals surface area contributed by atoms with Gasteiger partial charge in [0.15, 0.2) is 5.82 Å². The van der Waals surface area contributed by atoms with Gasteiger partial charge >= 0.3 is 0 Å². The molecule has 1 saturated heterocycles. The second-order valence-electron chi connectivity index (χ2n) is 8.54. The highest BCUT2D eigenvalue weighted by atomic mass is 32.1. The van der Waals surface area contributed by atoms with Crippen LogP contribution in [-0.2, 0) is 17.8 Å². The quantitative estimate of drug-likeness (QED) is 0.647. The molecule has 1 aromatic carbocycles. The third-order valence-electron chi connectivity index (χ3n) is 6.33. The van der Waals surface area contributed by atoms with Crippen LogP contribution in [-0.4, -0.2) is 44.6 Å². The van der Waals surface area contributed by atoms with E-state index in [1.807, 2.05) is 41.8 Å². The van der Waals surface area contributed by atoms with Gasteiger partial charge < -0.3 is 14.8 Å². The van der Waals surface area contributed by atoms with E-state index < -0.39 is 0 Å². The molecule has 1 atom stereocenters. The van der Waals surface area contributed by atoms with Gasteiger partial charge in [-0.1, -0.05) is 12.5 Å². The summed E-state index contributed by atoms with van der Waals surface area (Å²) < 4.78 is 2.22. The van der Waals surface area contributed by atoms with E-state index in [1.165, 1.54) is 24.2 Å². The summed E-state index contributed by atoms with van der Waals surface area (Å²) >= 11 is 1.44. The van der Waals surface area contributed by atoms with E-state index in [9.17, 15) is 9.59 Å². The standard InChI is InChI=1S/C24H27N5O2S/c30-23(18-6-4-13-28(16-18)24(31)20-7-5-15-32-20)25-19-11-9-17(10-12-19)22-27-26-21-8-2-1-3-14-29(21)22/h5,7,9-12,15,18H,1-4,6,8,13-14,16H2,(H,25,30). The number of carbonyl (C=O) groups excluding carboxylic acids is 2. The number of amides is 2. The van der Waals surface area contributed by atoms with Crippen LogP contribution in [0.15, 0.2) is 41.8 Å². The van der Waals surface area contributed by atoms with Crippen LogP contribution in [0, 0.1) is 5.92 Å². The maximum Gasteiger partial charge on any atom is 0.263 e. The van der Waals surface area contributed by atoms with Crippen molar-refractivity contribution in [3.63, 3.8) is 0 Å². The lowest BCUT2D eigenvalue weighted by molar-refractivity contribution is -0.121. The van der Waals surface area contributed by atoms with Gasteiger partial charge in [-0.15, -0.1) is 21.5 Å². The fraction of sp³-hybridized carbons (Fsp3) is 0.417. The lowest BCUT2D eigenvalue weighted by atomic mass is 9.96. The molecular weight excluding hydrogens is 422 g/mol. The maximum atomic E-state index is 12.9. The van der Waals surface area contributed by atoms with Crippen LogP contribution in [0.3, 0.4) is 0 Å². The summed E-state index contributed by atoms with van der Waals surface area (Å²) in [6.45, 7) is 2.13. The van der Waals surface area contributed by atoms with Crippen LogP contribution in [0.5, 0.6) is 0 Å². The molecule has 0 spiro atoms. The van der Waals surface area contributed by atoms with Gasteiger partial charge in [-0.25, -0.2) is 0 Å². The average Bonchev–Trinajstić information content (AvgIpc) is 3.45. The number of aromatic nitrogens is 3. The van der Waals surface area contributed by atoms with Crippen LogP contribution < -0.4 is 5.32 Å². The largest absolute Gasteiger partial charge is 0.337 e. The van der Waals surface area contributed by atoms with E-state index in [0.717, 1.165) is 60.0 Å². The summed E-state index contributed by atoms with van der Waals surface area (Å²) in [5.74, 6) is 1.76. The first-order chi connectivity index (χ1) is 15.7. The molecule has 3 aromatic rings. The number of piperidine rings is 1. The topological polar surface area (TPSA) is 80.1 Å². The van der Waals surface area contributed by atoms with E-state index in [0.29, 0.717) is 13.1 Å². The van der Waals surface area contributed by atoms with E-state index in [1.54, 1.807) is 4.90 Å². The number of nitrogens with one attached hydrogen (secondary N) is 1. The highest BCUT2D eigenvalue weighted by molar-refractivity contribution is 7.12. The molecule has 2 aliphatic rings. The molecule has 1 N–H and O–H groups in total. The highest BCUT2D eigenvalue weighted by Crippen LogP contribution is 2.25. The molecule has 0 saturated carbocycles. The first-order valence-electron chi connectivity index (χ1n) is 11.4. The number of rotatable bonds is 4. The van der Waals surface area contributed by atoms with Gasteiger partial charge in [-0.05, 0) is 61.4 Å². The summed E-state index contributed by atoms with van der Waals surface area (Å²) in [6.07, 6.45) is 6.16. The minimum absolute atomic E-state index is 0.0225. The molecule has 1 unspecified atom stereocenters. The second-order valence-corrected chi connectivity index (χ2v) is 9.48. The Morgan fingerprint density at radius 3 is 2.69 bits per heavy atom. The third-order valence-corrected chi connectivity index (χ3v) is 7.19. The van der Waals surface area contributed by atoms with Crippen LogP contribution in [0.1, 0.15) is 47.6 Å². The first kappa shape index (κ1) is 20.9. The van der Waals surface area contributed by atoms with Crippen molar-refractivity contribution in [1.82, 2.24) is 19.7 Å². The zero-order chi connectivity index (χ0) is 21.9. The number of thiophene rings is 1. The third kappa shape index (κ3) is 4.32. The Morgan fingerprint density at radius 1 is 1.00 bits per heavy atom. The van der Waals surface area contributed by atoms with Crippen molar-refractivity contribution < 1.29 is 9.59 Å². The Bertz CT molecular complexity index is 1090. The smallest absolute Gasteiger partial charge is 0.263 e. The summed E-state index contributed by atoms with van der Waals surface area (Å²) in [4.78, 5) is 28.1. The van der Waals surface area contributed by atoms with Crippen molar-refractivity contribution in [2.24, 2.45) is 5.92 Å². The number of fused-ring (bicyclic) bond motifs is 1. The second kappa shape index (κ2) is 9.24. The SMILES string of the molecule is O=C(Nc1ccc(-c2nnc3n2CCCCC3)cc1)C1CCCN(C(=O)c2cccs2)C1. The van der Waals surface area contributed by atoms with Gasteiger partial charge in [0.05, 0.1) is 10.8 Å². The van der Waals surface area contributed by atoms with Crippen molar-refractivity contribution in [1.29, 1.82) is 0 Å².